The highest BCUT2D eigenvalue weighted by atomic mass is 32.2. The molecular formula is C14H20N2O3S. The summed E-state index contributed by atoms with van der Waals surface area (Å²) in [5.41, 5.74) is 1.04. The number of hydrogen-bond donors (Lipinski definition) is 1. The summed E-state index contributed by atoms with van der Waals surface area (Å²) in [6, 6.07) is 9.67. The van der Waals surface area contributed by atoms with Crippen molar-refractivity contribution >= 4 is 15.9 Å². The third kappa shape index (κ3) is 4.05. The summed E-state index contributed by atoms with van der Waals surface area (Å²) in [5.74, 6) is -0.315. The zero-order valence-corrected chi connectivity index (χ0v) is 12.4. The van der Waals surface area contributed by atoms with E-state index in [1.165, 1.54) is 10.6 Å². The van der Waals surface area contributed by atoms with Crippen LogP contribution in [-0.4, -0.2) is 38.0 Å². The van der Waals surface area contributed by atoms with Gasteiger partial charge in [-0.25, -0.2) is 12.7 Å². The van der Waals surface area contributed by atoms with Crippen molar-refractivity contribution in [3.63, 3.8) is 0 Å². The number of benzene rings is 1. The predicted molar refractivity (Wildman–Crippen MR) is 77.4 cm³/mol. The summed E-state index contributed by atoms with van der Waals surface area (Å²) in [7, 11) is -3.21. The molecule has 6 heteroatoms. The van der Waals surface area contributed by atoms with Gasteiger partial charge in [-0.15, -0.1) is 0 Å². The Morgan fingerprint density at radius 1 is 1.35 bits per heavy atom. The Bertz CT molecular complexity index is 557. The Hall–Kier alpha value is -1.40. The first-order valence-electron chi connectivity index (χ1n) is 6.73. The smallest absolute Gasteiger partial charge is 0.224 e. The Morgan fingerprint density at radius 2 is 2.05 bits per heavy atom. The lowest BCUT2D eigenvalue weighted by atomic mass is 9.99. The molecule has 1 aliphatic rings. The zero-order valence-electron chi connectivity index (χ0n) is 11.6. The molecule has 1 aromatic rings. The van der Waals surface area contributed by atoms with Gasteiger partial charge in [0.25, 0.3) is 0 Å². The molecule has 0 aromatic heterocycles. The molecule has 1 heterocycles. The number of piperidine rings is 1. The first kappa shape index (κ1) is 15.0. The van der Waals surface area contributed by atoms with Crippen LogP contribution in [0.4, 0.5) is 0 Å². The lowest BCUT2D eigenvalue weighted by molar-refractivity contribution is -0.126. The van der Waals surface area contributed by atoms with Gasteiger partial charge in [-0.3, -0.25) is 4.79 Å². The third-order valence-electron chi connectivity index (χ3n) is 3.53. The number of carbonyl (C=O) groups is 1. The summed E-state index contributed by atoms with van der Waals surface area (Å²) in [6.07, 6.45) is 2.67. The van der Waals surface area contributed by atoms with E-state index in [-0.39, 0.29) is 11.8 Å². The highest BCUT2D eigenvalue weighted by Gasteiger charge is 2.29. The van der Waals surface area contributed by atoms with E-state index in [1.807, 2.05) is 30.3 Å². The van der Waals surface area contributed by atoms with Crippen molar-refractivity contribution in [2.45, 2.75) is 19.4 Å². The molecule has 1 N–H and O–H groups in total. The van der Waals surface area contributed by atoms with Crippen LogP contribution in [0.1, 0.15) is 18.4 Å². The lowest BCUT2D eigenvalue weighted by Crippen LogP contribution is -2.44. The van der Waals surface area contributed by atoms with Gasteiger partial charge in [-0.05, 0) is 18.4 Å². The fourth-order valence-corrected chi connectivity index (χ4v) is 3.30. The Labute approximate surface area is 120 Å². The molecular weight excluding hydrogens is 276 g/mol. The molecule has 1 amide bonds. The van der Waals surface area contributed by atoms with Crippen molar-refractivity contribution in [2.24, 2.45) is 5.92 Å². The number of nitrogens with zero attached hydrogens (tertiary/aromatic N) is 1. The van der Waals surface area contributed by atoms with Crippen LogP contribution in [0.3, 0.4) is 0 Å². The van der Waals surface area contributed by atoms with Crippen molar-refractivity contribution in [1.29, 1.82) is 0 Å². The molecule has 0 saturated carbocycles. The van der Waals surface area contributed by atoms with Crippen LogP contribution >= 0.6 is 0 Å². The van der Waals surface area contributed by atoms with E-state index in [1.54, 1.807) is 0 Å². The van der Waals surface area contributed by atoms with Crippen LogP contribution in [0, 0.1) is 5.92 Å². The van der Waals surface area contributed by atoms with E-state index in [4.69, 9.17) is 0 Å². The van der Waals surface area contributed by atoms with Crippen LogP contribution in [0.15, 0.2) is 30.3 Å². The van der Waals surface area contributed by atoms with Gasteiger partial charge < -0.3 is 5.32 Å². The van der Waals surface area contributed by atoms with Crippen LogP contribution in [-0.2, 0) is 21.4 Å². The second-order valence-corrected chi connectivity index (χ2v) is 7.15. The van der Waals surface area contributed by atoms with Crippen molar-refractivity contribution in [1.82, 2.24) is 9.62 Å². The highest BCUT2D eigenvalue weighted by molar-refractivity contribution is 7.88. The molecule has 20 heavy (non-hydrogen) atoms. The van der Waals surface area contributed by atoms with Gasteiger partial charge in [0.05, 0.1) is 12.2 Å². The van der Waals surface area contributed by atoms with E-state index in [0.717, 1.165) is 18.4 Å². The third-order valence-corrected chi connectivity index (χ3v) is 4.80. The highest BCUT2D eigenvalue weighted by Crippen LogP contribution is 2.18. The molecule has 1 aliphatic heterocycles. The lowest BCUT2D eigenvalue weighted by Gasteiger charge is -2.30. The molecule has 1 aromatic carbocycles. The first-order chi connectivity index (χ1) is 9.47. The van der Waals surface area contributed by atoms with Gasteiger partial charge in [0.15, 0.2) is 0 Å². The van der Waals surface area contributed by atoms with Crippen molar-refractivity contribution < 1.29 is 13.2 Å². The summed E-state index contributed by atoms with van der Waals surface area (Å²) in [5, 5.41) is 2.88. The van der Waals surface area contributed by atoms with Crippen molar-refractivity contribution in [3.05, 3.63) is 35.9 Å². The van der Waals surface area contributed by atoms with Crippen LogP contribution in [0.5, 0.6) is 0 Å². The summed E-state index contributed by atoms with van der Waals surface area (Å²) in [4.78, 5) is 12.1. The number of rotatable bonds is 4. The minimum Gasteiger partial charge on any atom is -0.352 e. The van der Waals surface area contributed by atoms with E-state index in [0.29, 0.717) is 19.6 Å². The standard InChI is InChI=1S/C14H20N2O3S/c1-20(18,19)16-9-5-8-13(11-16)14(17)15-10-12-6-3-2-4-7-12/h2-4,6-7,13H,5,8-11H2,1H3,(H,15,17). The van der Waals surface area contributed by atoms with Gasteiger partial charge in [-0.1, -0.05) is 30.3 Å². The number of hydrogen-bond acceptors (Lipinski definition) is 3. The van der Waals surface area contributed by atoms with E-state index >= 15 is 0 Å². The maximum absolute atomic E-state index is 12.1. The van der Waals surface area contributed by atoms with Crippen LogP contribution in [0.2, 0.25) is 0 Å². The van der Waals surface area contributed by atoms with Crippen LogP contribution < -0.4 is 5.32 Å². The monoisotopic (exact) mass is 296 g/mol. The van der Waals surface area contributed by atoms with Crippen LogP contribution in [0.25, 0.3) is 0 Å². The molecule has 0 bridgehead atoms. The van der Waals surface area contributed by atoms with Gasteiger partial charge in [-0.2, -0.15) is 0 Å². The Morgan fingerprint density at radius 3 is 2.70 bits per heavy atom. The largest absolute Gasteiger partial charge is 0.352 e. The summed E-state index contributed by atoms with van der Waals surface area (Å²) < 4.78 is 24.4. The topological polar surface area (TPSA) is 66.5 Å². The predicted octanol–water partition coefficient (Wildman–Crippen LogP) is 0.974. The molecule has 110 valence electrons. The normalized spacial score (nSPS) is 20.6. The molecule has 0 radical (unpaired) electrons. The second-order valence-electron chi connectivity index (χ2n) is 5.16. The van der Waals surface area contributed by atoms with Gasteiger partial charge in [0.1, 0.15) is 0 Å². The molecule has 5 nitrogen and oxygen atoms in total. The average Bonchev–Trinajstić information content (AvgIpc) is 2.45. The zero-order chi connectivity index (χ0) is 14.6. The van der Waals surface area contributed by atoms with Crippen molar-refractivity contribution in [2.75, 3.05) is 19.3 Å². The number of amides is 1. The summed E-state index contributed by atoms with van der Waals surface area (Å²) >= 11 is 0. The van der Waals surface area contributed by atoms with E-state index in [9.17, 15) is 13.2 Å². The maximum atomic E-state index is 12.1. The quantitative estimate of drug-likeness (QED) is 0.900. The molecule has 1 atom stereocenters. The minimum absolute atomic E-state index is 0.0674. The first-order valence-corrected chi connectivity index (χ1v) is 8.58. The maximum Gasteiger partial charge on any atom is 0.224 e. The average molecular weight is 296 g/mol. The van der Waals surface area contributed by atoms with Gasteiger partial charge >= 0.3 is 0 Å². The molecule has 2 rings (SSSR count). The molecule has 1 saturated heterocycles. The van der Waals surface area contributed by atoms with E-state index < -0.39 is 10.0 Å². The van der Waals surface area contributed by atoms with E-state index in [2.05, 4.69) is 5.32 Å². The fourth-order valence-electron chi connectivity index (χ4n) is 2.39. The number of carbonyl (C=O) groups excluding carboxylic acids is 1. The number of nitrogens with one attached hydrogen (secondary N) is 1. The Balaban J connectivity index is 1.89. The second kappa shape index (κ2) is 6.37. The summed E-state index contributed by atoms with van der Waals surface area (Å²) in [6.45, 7) is 1.29. The molecule has 1 unspecified atom stereocenters. The molecule has 0 aliphatic carbocycles. The SMILES string of the molecule is CS(=O)(=O)N1CCCC(C(=O)NCc2ccccc2)C1. The molecule has 1 fully saturated rings. The molecule has 0 spiro atoms. The van der Waals surface area contributed by atoms with Gasteiger partial charge in [0, 0.05) is 19.6 Å². The number of sulfonamides is 1. The minimum atomic E-state index is -3.21. The fraction of sp³-hybridized carbons (Fsp3) is 0.500. The van der Waals surface area contributed by atoms with Gasteiger partial charge in [0.2, 0.25) is 15.9 Å². The van der Waals surface area contributed by atoms with Crippen molar-refractivity contribution in [3.8, 4) is 0 Å². The Kier molecular flexibility index (Phi) is 4.77.